The van der Waals surface area contributed by atoms with Crippen molar-refractivity contribution in [3.63, 3.8) is 0 Å². The molecule has 2 rings (SSSR count). The highest BCUT2D eigenvalue weighted by molar-refractivity contribution is 5.92. The number of hydrogen-bond donors (Lipinski definition) is 5. The van der Waals surface area contributed by atoms with Gasteiger partial charge in [-0.1, -0.05) is 32.0 Å². The number of fused-ring (bicyclic) bond motifs is 1. The number of aromatic nitrogens is 1. The Labute approximate surface area is 171 Å². The molecule has 0 saturated carbocycles. The molecule has 158 valence electrons. The third-order valence-corrected chi connectivity index (χ3v) is 4.96. The van der Waals surface area contributed by atoms with Crippen molar-refractivity contribution in [3.05, 3.63) is 36.0 Å². The summed E-state index contributed by atoms with van der Waals surface area (Å²) in [6.07, 6.45) is 3.39. The fourth-order valence-electron chi connectivity index (χ4n) is 3.32. The monoisotopic (exact) mass is 401 g/mol. The number of likely N-dealkylation sites (N-methyl/N-ethyl adjacent to an activating group) is 1. The van der Waals surface area contributed by atoms with Gasteiger partial charge in [0.1, 0.15) is 0 Å². The molecule has 8 nitrogen and oxygen atoms in total. The molecule has 1 aromatic heterocycles. The topological polar surface area (TPSA) is 129 Å². The summed E-state index contributed by atoms with van der Waals surface area (Å²) in [5, 5.41) is 9.52. The van der Waals surface area contributed by atoms with E-state index in [-0.39, 0.29) is 17.6 Å². The Morgan fingerprint density at radius 2 is 1.86 bits per heavy atom. The molecule has 1 aromatic carbocycles. The van der Waals surface area contributed by atoms with Crippen molar-refractivity contribution < 1.29 is 14.4 Å². The quantitative estimate of drug-likeness (QED) is 0.365. The molecule has 29 heavy (non-hydrogen) atoms. The van der Waals surface area contributed by atoms with Crippen molar-refractivity contribution in [1.82, 2.24) is 20.9 Å². The summed E-state index contributed by atoms with van der Waals surface area (Å²) in [6, 6.07) is 6.25. The van der Waals surface area contributed by atoms with Crippen LogP contribution in [0.4, 0.5) is 4.79 Å². The van der Waals surface area contributed by atoms with E-state index in [9.17, 15) is 14.4 Å². The van der Waals surface area contributed by atoms with Crippen molar-refractivity contribution in [2.75, 3.05) is 13.6 Å². The van der Waals surface area contributed by atoms with Crippen LogP contribution in [0.15, 0.2) is 30.5 Å². The maximum Gasteiger partial charge on any atom is 0.312 e. The molecule has 0 aliphatic carbocycles. The third-order valence-electron chi connectivity index (χ3n) is 4.96. The van der Waals surface area contributed by atoms with Crippen molar-refractivity contribution >= 4 is 28.6 Å². The first kappa shape index (κ1) is 22.4. The van der Waals surface area contributed by atoms with Crippen LogP contribution in [0.2, 0.25) is 0 Å². The van der Waals surface area contributed by atoms with Crippen LogP contribution in [0, 0.1) is 5.92 Å². The molecule has 2 atom stereocenters. The minimum atomic E-state index is -0.602. The van der Waals surface area contributed by atoms with Crippen molar-refractivity contribution in [1.29, 1.82) is 0 Å². The Bertz CT molecular complexity index is 846. The number of nitrogens with two attached hydrogens (primary N) is 1. The number of carbonyl (C=O) groups is 3. The van der Waals surface area contributed by atoms with Gasteiger partial charge in [0.2, 0.25) is 5.91 Å². The smallest absolute Gasteiger partial charge is 0.312 e. The van der Waals surface area contributed by atoms with Crippen molar-refractivity contribution in [3.8, 4) is 0 Å². The highest BCUT2D eigenvalue weighted by atomic mass is 16.2. The number of carbonyl (C=O) groups excluding carboxylic acids is 3. The zero-order valence-corrected chi connectivity index (χ0v) is 17.2. The molecule has 0 spiro atoms. The summed E-state index contributed by atoms with van der Waals surface area (Å²) in [6.45, 7) is 3.98. The number of aromatic amines is 1. The molecule has 0 aliphatic heterocycles. The number of rotatable bonds is 11. The minimum absolute atomic E-state index is 0.0284. The van der Waals surface area contributed by atoms with Gasteiger partial charge in [-0.2, -0.15) is 0 Å². The first-order valence-electron chi connectivity index (χ1n) is 9.93. The predicted molar refractivity (Wildman–Crippen MR) is 113 cm³/mol. The SMILES string of the molecule is CN[C@H](Cc1c[nH]c2ccccc12)C(=O)N[C@H](CCCNC(N)=O)C(=O)C(C)C. The fourth-order valence-corrected chi connectivity index (χ4v) is 3.32. The predicted octanol–water partition coefficient (Wildman–Crippen LogP) is 1.46. The molecule has 0 bridgehead atoms. The maximum absolute atomic E-state index is 12.9. The van der Waals surface area contributed by atoms with Gasteiger partial charge in [-0.05, 0) is 37.9 Å². The lowest BCUT2D eigenvalue weighted by Gasteiger charge is -2.23. The Morgan fingerprint density at radius 1 is 1.14 bits per heavy atom. The molecular formula is C21H31N5O3. The van der Waals surface area contributed by atoms with Gasteiger partial charge in [0.05, 0.1) is 12.1 Å². The normalized spacial score (nSPS) is 13.2. The van der Waals surface area contributed by atoms with Crippen LogP contribution < -0.4 is 21.7 Å². The molecule has 2 aromatic rings. The van der Waals surface area contributed by atoms with Crippen LogP contribution in [0.3, 0.4) is 0 Å². The van der Waals surface area contributed by atoms with Crippen LogP contribution in [0.25, 0.3) is 10.9 Å². The van der Waals surface area contributed by atoms with Crippen LogP contribution in [-0.2, 0) is 16.0 Å². The van der Waals surface area contributed by atoms with E-state index >= 15 is 0 Å². The lowest BCUT2D eigenvalue weighted by molar-refractivity contribution is -0.130. The average Bonchev–Trinajstić information content (AvgIpc) is 3.10. The fraction of sp³-hybridized carbons (Fsp3) is 0.476. The molecule has 1 heterocycles. The Kier molecular flexibility index (Phi) is 8.21. The van der Waals surface area contributed by atoms with Gasteiger partial charge >= 0.3 is 6.03 Å². The number of nitrogens with one attached hydrogen (secondary N) is 4. The Balaban J connectivity index is 2.04. The van der Waals surface area contributed by atoms with Gasteiger partial charge in [0.25, 0.3) is 0 Å². The summed E-state index contributed by atoms with van der Waals surface area (Å²) < 4.78 is 0. The van der Waals surface area contributed by atoms with Gasteiger partial charge in [-0.3, -0.25) is 9.59 Å². The first-order valence-corrected chi connectivity index (χ1v) is 9.93. The number of primary amides is 1. The Morgan fingerprint density at radius 3 is 2.52 bits per heavy atom. The number of para-hydroxylation sites is 1. The summed E-state index contributed by atoms with van der Waals surface area (Å²) >= 11 is 0. The lowest BCUT2D eigenvalue weighted by atomic mass is 9.97. The number of Topliss-reactive ketones (excluding diaryl/α,β-unsaturated/α-hetero) is 1. The van der Waals surface area contributed by atoms with Gasteiger partial charge in [-0.15, -0.1) is 0 Å². The zero-order valence-electron chi connectivity index (χ0n) is 17.2. The largest absolute Gasteiger partial charge is 0.361 e. The molecule has 0 radical (unpaired) electrons. The van der Waals surface area contributed by atoms with E-state index < -0.39 is 18.1 Å². The van der Waals surface area contributed by atoms with E-state index in [1.807, 2.05) is 44.3 Å². The highest BCUT2D eigenvalue weighted by Gasteiger charge is 2.26. The van der Waals surface area contributed by atoms with Crippen LogP contribution >= 0.6 is 0 Å². The summed E-state index contributed by atoms with van der Waals surface area (Å²) in [7, 11) is 1.73. The molecule has 3 amide bonds. The van der Waals surface area contributed by atoms with Gasteiger partial charge < -0.3 is 26.7 Å². The van der Waals surface area contributed by atoms with Crippen LogP contribution in [0.5, 0.6) is 0 Å². The number of amides is 3. The molecule has 0 aliphatic rings. The van der Waals surface area contributed by atoms with E-state index in [2.05, 4.69) is 20.9 Å². The van der Waals surface area contributed by atoms with E-state index in [0.29, 0.717) is 25.8 Å². The standard InChI is InChI=1S/C21H31N5O3/c1-13(2)19(27)17(9-6-10-24-21(22)29)26-20(28)18(23-3)11-14-12-25-16-8-5-4-7-15(14)16/h4-5,7-8,12-13,17-18,23,25H,6,9-11H2,1-3H3,(H,26,28)(H3,22,24,29)/t17-,18-/m1/s1. The molecular weight excluding hydrogens is 370 g/mol. The van der Waals surface area contributed by atoms with Crippen LogP contribution in [-0.4, -0.2) is 48.4 Å². The zero-order chi connectivity index (χ0) is 21.4. The lowest BCUT2D eigenvalue weighted by Crippen LogP contribution is -2.51. The highest BCUT2D eigenvalue weighted by Crippen LogP contribution is 2.19. The second-order valence-corrected chi connectivity index (χ2v) is 7.46. The average molecular weight is 402 g/mol. The first-order chi connectivity index (χ1) is 13.8. The van der Waals surface area contributed by atoms with Crippen molar-refractivity contribution in [2.45, 2.75) is 45.2 Å². The minimum Gasteiger partial charge on any atom is -0.361 e. The number of benzene rings is 1. The molecule has 0 fully saturated rings. The second-order valence-electron chi connectivity index (χ2n) is 7.46. The number of urea groups is 1. The van der Waals surface area contributed by atoms with E-state index in [1.165, 1.54) is 0 Å². The number of hydrogen-bond acceptors (Lipinski definition) is 4. The second kappa shape index (κ2) is 10.6. The van der Waals surface area contributed by atoms with Crippen molar-refractivity contribution in [2.24, 2.45) is 11.7 Å². The summed E-state index contributed by atoms with van der Waals surface area (Å²) in [4.78, 5) is 39.5. The molecule has 0 saturated heterocycles. The molecule has 6 N–H and O–H groups in total. The third kappa shape index (κ3) is 6.32. The van der Waals surface area contributed by atoms with E-state index in [0.717, 1.165) is 16.5 Å². The van der Waals surface area contributed by atoms with E-state index in [1.54, 1.807) is 7.05 Å². The van der Waals surface area contributed by atoms with Crippen LogP contribution in [0.1, 0.15) is 32.3 Å². The van der Waals surface area contributed by atoms with Gasteiger partial charge in [0.15, 0.2) is 5.78 Å². The summed E-state index contributed by atoms with van der Waals surface area (Å²) in [5.41, 5.74) is 7.12. The van der Waals surface area contributed by atoms with Gasteiger partial charge in [-0.25, -0.2) is 4.79 Å². The maximum atomic E-state index is 12.9. The van der Waals surface area contributed by atoms with E-state index in [4.69, 9.17) is 5.73 Å². The summed E-state index contributed by atoms with van der Waals surface area (Å²) in [5.74, 6) is -0.454. The number of ketones is 1. The molecule has 8 heteroatoms. The van der Waals surface area contributed by atoms with Gasteiger partial charge in [0, 0.05) is 29.6 Å². The number of H-pyrrole nitrogens is 1. The Hall–Kier alpha value is -2.87. The molecule has 0 unspecified atom stereocenters.